The van der Waals surface area contributed by atoms with E-state index in [1.54, 1.807) is 23.5 Å². The monoisotopic (exact) mass is 765 g/mol. The zero-order valence-corrected chi connectivity index (χ0v) is 34.5. The number of allylic oxidation sites excluding steroid dienone is 2. The van der Waals surface area contributed by atoms with Crippen LogP contribution in [0.15, 0.2) is 60.7 Å². The molecule has 2 aromatic carbocycles. The van der Waals surface area contributed by atoms with E-state index in [-0.39, 0.29) is 28.4 Å². The molecule has 0 heterocycles. The largest absolute Gasteiger partial charge is 0.449 e. The molecule has 0 saturated heterocycles. The number of ether oxygens (including phenoxy) is 1. The molecular formula is C44H67N3O4S2. The molecule has 0 aliphatic heterocycles. The van der Waals surface area contributed by atoms with Gasteiger partial charge >= 0.3 is 6.09 Å². The van der Waals surface area contributed by atoms with Gasteiger partial charge in [0.25, 0.3) is 0 Å². The number of rotatable bonds is 29. The minimum atomic E-state index is -0.484. The highest BCUT2D eigenvalue weighted by Gasteiger charge is 2.29. The lowest BCUT2D eigenvalue weighted by atomic mass is 9.98. The summed E-state index contributed by atoms with van der Waals surface area (Å²) in [6.07, 6.45) is 23.2. The summed E-state index contributed by atoms with van der Waals surface area (Å²) in [5.74, 6) is 1.54. The second kappa shape index (κ2) is 26.8. The van der Waals surface area contributed by atoms with Gasteiger partial charge in [-0.3, -0.25) is 9.59 Å². The average Bonchev–Trinajstić information content (AvgIpc) is 3.47. The van der Waals surface area contributed by atoms with Gasteiger partial charge in [0.1, 0.15) is 6.61 Å². The summed E-state index contributed by atoms with van der Waals surface area (Å²) in [5.41, 5.74) is 4.73. The molecule has 0 spiro atoms. The number of unbranched alkanes of at least 4 members (excludes halogenated alkanes) is 12. The molecular weight excluding hydrogens is 699 g/mol. The molecule has 3 N–H and O–H groups in total. The molecule has 3 rings (SSSR count). The molecule has 0 aromatic heterocycles. The van der Waals surface area contributed by atoms with Gasteiger partial charge in [0.05, 0.1) is 4.08 Å². The number of nitrogens with one attached hydrogen (secondary N) is 3. The number of fused-ring (bicyclic) bond motifs is 3. The van der Waals surface area contributed by atoms with E-state index in [9.17, 15) is 14.4 Å². The number of hydrogen-bond acceptors (Lipinski definition) is 6. The second-order valence-electron chi connectivity index (χ2n) is 14.5. The van der Waals surface area contributed by atoms with E-state index in [4.69, 9.17) is 4.74 Å². The molecule has 0 fully saturated rings. The van der Waals surface area contributed by atoms with Crippen LogP contribution >= 0.6 is 23.5 Å². The van der Waals surface area contributed by atoms with E-state index in [0.717, 1.165) is 18.7 Å². The van der Waals surface area contributed by atoms with Crippen molar-refractivity contribution in [2.45, 2.75) is 134 Å². The molecule has 0 saturated carbocycles. The number of benzene rings is 2. The standard InChI is InChI=1S/C44H67N3O4S2/c1-4-5-6-7-8-9-10-11-12-13-14-15-16-17-18-23-30-45-41(48)28-33-52-44(2,3)53-34-29-42(49)46-31-32-47-43(50)51-35-40-38-26-21-19-24-36(38)37-25-20-22-27-39(37)40/h11-12,19-22,24-27,40H,4-10,13-18,23,28-35H2,1-3H3,(H,45,48)(H,46,49)(H,47,50)/b12-11-. The summed E-state index contributed by atoms with van der Waals surface area (Å²) < 4.78 is 5.48. The van der Waals surface area contributed by atoms with Crippen LogP contribution in [0, 0.1) is 0 Å². The topological polar surface area (TPSA) is 96.5 Å². The highest BCUT2D eigenvalue weighted by Crippen LogP contribution is 2.44. The van der Waals surface area contributed by atoms with Crippen LogP contribution in [-0.4, -0.2) is 59.7 Å². The number of thioether (sulfide) groups is 2. The van der Waals surface area contributed by atoms with Crippen LogP contribution in [0.2, 0.25) is 0 Å². The Kier molecular flexibility index (Phi) is 22.5. The third-order valence-electron chi connectivity index (χ3n) is 9.63. The first kappa shape index (κ1) is 44.5. The molecule has 7 nitrogen and oxygen atoms in total. The molecule has 0 unspecified atom stereocenters. The maximum atomic E-state index is 12.4. The molecule has 294 valence electrons. The fraction of sp³-hybridized carbons (Fsp3) is 0.614. The first-order valence-corrected chi connectivity index (χ1v) is 22.3. The molecule has 53 heavy (non-hydrogen) atoms. The zero-order valence-electron chi connectivity index (χ0n) is 32.9. The van der Waals surface area contributed by atoms with Crippen LogP contribution < -0.4 is 16.0 Å². The SMILES string of the molecule is CCCCCCCC/C=C\CCCCCCCCNC(=O)CCSC(C)(C)SCCC(=O)NCCNC(=O)OCC1c2ccccc2-c2ccccc21. The second-order valence-corrected chi connectivity index (χ2v) is 18.2. The number of carbonyl (C=O) groups is 3. The lowest BCUT2D eigenvalue weighted by Gasteiger charge is -2.23. The van der Waals surface area contributed by atoms with Gasteiger partial charge in [-0.25, -0.2) is 4.79 Å². The Bertz CT molecular complexity index is 1340. The molecule has 2 aromatic rings. The molecule has 0 bridgehead atoms. The molecule has 1 aliphatic rings. The Hall–Kier alpha value is -2.91. The highest BCUT2D eigenvalue weighted by atomic mass is 32.2. The average molecular weight is 766 g/mol. The lowest BCUT2D eigenvalue weighted by Crippen LogP contribution is -2.35. The maximum absolute atomic E-state index is 12.4. The summed E-state index contributed by atoms with van der Waals surface area (Å²) in [5, 5.41) is 8.70. The van der Waals surface area contributed by atoms with Gasteiger partial charge < -0.3 is 20.7 Å². The van der Waals surface area contributed by atoms with Crippen molar-refractivity contribution in [3.63, 3.8) is 0 Å². The predicted molar refractivity (Wildman–Crippen MR) is 227 cm³/mol. The molecule has 1 aliphatic carbocycles. The van der Waals surface area contributed by atoms with Crippen LogP contribution in [0.5, 0.6) is 0 Å². The van der Waals surface area contributed by atoms with Gasteiger partial charge in [-0.15, -0.1) is 23.5 Å². The van der Waals surface area contributed by atoms with Crippen molar-refractivity contribution in [3.05, 3.63) is 71.8 Å². The number of alkyl carbamates (subject to hydrolysis) is 1. The minimum absolute atomic E-state index is 0.0157. The van der Waals surface area contributed by atoms with E-state index in [2.05, 4.69) is 73.1 Å². The third-order valence-corrected chi connectivity index (χ3v) is 12.5. The fourth-order valence-corrected chi connectivity index (χ4v) is 9.01. The Labute approximate surface area is 329 Å². The normalized spacial score (nSPS) is 12.4. The molecule has 0 radical (unpaired) electrons. The summed E-state index contributed by atoms with van der Waals surface area (Å²) >= 11 is 3.49. The van der Waals surface area contributed by atoms with Gasteiger partial charge in [0.15, 0.2) is 0 Å². The van der Waals surface area contributed by atoms with Crippen molar-refractivity contribution >= 4 is 41.4 Å². The van der Waals surface area contributed by atoms with E-state index >= 15 is 0 Å². The Balaban J connectivity index is 1.10. The van der Waals surface area contributed by atoms with Gasteiger partial charge in [0.2, 0.25) is 11.8 Å². The van der Waals surface area contributed by atoms with Crippen molar-refractivity contribution < 1.29 is 19.1 Å². The van der Waals surface area contributed by atoms with Crippen LogP contribution in [0.1, 0.15) is 141 Å². The maximum Gasteiger partial charge on any atom is 0.407 e. The fourth-order valence-electron chi connectivity index (χ4n) is 6.61. The van der Waals surface area contributed by atoms with E-state index in [1.165, 1.54) is 106 Å². The highest BCUT2D eigenvalue weighted by molar-refractivity contribution is 8.18. The lowest BCUT2D eigenvalue weighted by molar-refractivity contribution is -0.121. The van der Waals surface area contributed by atoms with Crippen LogP contribution in [0.25, 0.3) is 11.1 Å². The van der Waals surface area contributed by atoms with Crippen molar-refractivity contribution in [1.82, 2.24) is 16.0 Å². The first-order valence-electron chi connectivity index (χ1n) is 20.4. The van der Waals surface area contributed by atoms with Crippen molar-refractivity contribution in [1.29, 1.82) is 0 Å². The van der Waals surface area contributed by atoms with Gasteiger partial charge in [0, 0.05) is 49.9 Å². The van der Waals surface area contributed by atoms with Crippen molar-refractivity contribution in [3.8, 4) is 11.1 Å². The quantitative estimate of drug-likeness (QED) is 0.0434. The summed E-state index contributed by atoms with van der Waals surface area (Å²) in [4.78, 5) is 37.1. The number of carbonyl (C=O) groups excluding carboxylic acids is 3. The summed E-state index contributed by atoms with van der Waals surface area (Å²) in [6.45, 7) is 8.23. The molecule has 3 amide bonds. The van der Waals surface area contributed by atoms with Crippen molar-refractivity contribution in [2.24, 2.45) is 0 Å². The van der Waals surface area contributed by atoms with Crippen molar-refractivity contribution in [2.75, 3.05) is 37.7 Å². The van der Waals surface area contributed by atoms with Crippen LogP contribution in [-0.2, 0) is 14.3 Å². The summed E-state index contributed by atoms with van der Waals surface area (Å²) in [7, 11) is 0. The third kappa shape index (κ3) is 18.8. The first-order chi connectivity index (χ1) is 25.8. The number of amides is 3. The minimum Gasteiger partial charge on any atom is -0.449 e. The van der Waals surface area contributed by atoms with E-state index in [0.29, 0.717) is 31.7 Å². The van der Waals surface area contributed by atoms with Crippen LogP contribution in [0.4, 0.5) is 4.79 Å². The smallest absolute Gasteiger partial charge is 0.407 e. The predicted octanol–water partition coefficient (Wildman–Crippen LogP) is 10.8. The van der Waals surface area contributed by atoms with Gasteiger partial charge in [-0.05, 0) is 68.2 Å². The van der Waals surface area contributed by atoms with Gasteiger partial charge in [-0.2, -0.15) is 0 Å². The molecule has 9 heteroatoms. The Morgan fingerprint density at radius 1 is 0.642 bits per heavy atom. The molecule has 0 atom stereocenters. The Morgan fingerprint density at radius 2 is 1.11 bits per heavy atom. The van der Waals surface area contributed by atoms with E-state index in [1.807, 2.05) is 24.3 Å². The Morgan fingerprint density at radius 3 is 1.68 bits per heavy atom. The number of hydrogen-bond donors (Lipinski definition) is 3. The zero-order chi connectivity index (χ0) is 38.0. The van der Waals surface area contributed by atoms with Gasteiger partial charge in [-0.1, -0.05) is 125 Å². The van der Waals surface area contributed by atoms with Crippen LogP contribution in [0.3, 0.4) is 0 Å². The van der Waals surface area contributed by atoms with E-state index < -0.39 is 6.09 Å². The summed E-state index contributed by atoms with van der Waals surface area (Å²) in [6, 6.07) is 16.5.